The number of carbonyl (C=O) groups is 5. The van der Waals surface area contributed by atoms with Crippen LogP contribution in [-0.4, -0.2) is 55.0 Å². The van der Waals surface area contributed by atoms with E-state index in [1.54, 1.807) is 24.3 Å². The summed E-state index contributed by atoms with van der Waals surface area (Å²) in [6, 6.07) is 5.99. The summed E-state index contributed by atoms with van der Waals surface area (Å²) in [5.41, 5.74) is 1.12. The third-order valence-corrected chi connectivity index (χ3v) is 3.11. The maximum atomic E-state index is 11.7. The second-order valence-electron chi connectivity index (χ2n) is 5.24. The number of benzene rings is 1. The highest BCUT2D eigenvalue weighted by Crippen LogP contribution is 2.12. The molecule has 0 fully saturated rings. The summed E-state index contributed by atoms with van der Waals surface area (Å²) >= 11 is 0. The number of carboxylic acid groups (broad SMARTS) is 1. The summed E-state index contributed by atoms with van der Waals surface area (Å²) in [4.78, 5) is 55.1. The first kappa shape index (κ1) is 21.4. The summed E-state index contributed by atoms with van der Waals surface area (Å²) in [6.45, 7) is 0.0422. The quantitative estimate of drug-likeness (QED) is 0.223. The highest BCUT2D eigenvalue weighted by Gasteiger charge is 2.07. The number of amides is 5. The van der Waals surface area contributed by atoms with Gasteiger partial charge in [0.1, 0.15) is 0 Å². The van der Waals surface area contributed by atoms with Crippen LogP contribution < -0.4 is 26.6 Å². The highest BCUT2D eigenvalue weighted by atomic mass is 16.4. The van der Waals surface area contributed by atoms with Crippen molar-refractivity contribution in [2.75, 3.05) is 30.3 Å². The highest BCUT2D eigenvalue weighted by molar-refractivity contribution is 5.89. The van der Waals surface area contributed by atoms with Gasteiger partial charge in [-0.2, -0.15) is 0 Å². The van der Waals surface area contributed by atoms with Crippen LogP contribution in [0.4, 0.5) is 16.2 Å². The number of anilines is 2. The predicted molar refractivity (Wildman–Crippen MR) is 96.0 cm³/mol. The van der Waals surface area contributed by atoms with Crippen LogP contribution in [-0.2, 0) is 19.2 Å². The minimum absolute atomic E-state index is 0.152. The first-order valence-electron chi connectivity index (χ1n) is 8.01. The molecule has 0 saturated heterocycles. The zero-order valence-corrected chi connectivity index (χ0v) is 14.4. The fraction of sp³-hybridized carbons (Fsp3) is 0.312. The number of hydrogen-bond acceptors (Lipinski definition) is 5. The van der Waals surface area contributed by atoms with Gasteiger partial charge in [0.05, 0.1) is 13.0 Å². The predicted octanol–water partition coefficient (Wildman–Crippen LogP) is -0.526. The molecule has 0 radical (unpaired) electrons. The van der Waals surface area contributed by atoms with E-state index in [9.17, 15) is 24.0 Å². The van der Waals surface area contributed by atoms with E-state index in [1.165, 1.54) is 0 Å². The molecule has 0 aliphatic rings. The van der Waals surface area contributed by atoms with Crippen LogP contribution >= 0.6 is 0 Å². The van der Waals surface area contributed by atoms with Gasteiger partial charge >= 0.3 is 12.0 Å². The fourth-order valence-electron chi connectivity index (χ4n) is 1.82. The van der Waals surface area contributed by atoms with E-state index in [4.69, 9.17) is 5.11 Å². The molecule has 0 saturated carbocycles. The molecule has 1 rings (SSSR count). The molecule has 0 spiro atoms. The first-order valence-corrected chi connectivity index (χ1v) is 8.01. The molecular formula is C16H21N5O6. The number of carboxylic acids is 1. The SMILES string of the molecule is O=CNc1ccc(NC(=O)NCCNC(=O)CNC(=O)CCC(=O)O)cc1. The molecule has 0 heterocycles. The molecule has 0 aromatic heterocycles. The molecular weight excluding hydrogens is 358 g/mol. The maximum Gasteiger partial charge on any atom is 0.319 e. The van der Waals surface area contributed by atoms with Crippen LogP contribution in [0.2, 0.25) is 0 Å². The Hall–Kier alpha value is -3.63. The number of hydrogen-bond donors (Lipinski definition) is 6. The normalized spacial score (nSPS) is 9.63. The zero-order chi connectivity index (χ0) is 20.1. The second-order valence-corrected chi connectivity index (χ2v) is 5.24. The lowest BCUT2D eigenvalue weighted by Crippen LogP contribution is -2.41. The Morgan fingerprint density at radius 2 is 1.48 bits per heavy atom. The number of rotatable bonds is 11. The van der Waals surface area contributed by atoms with Crippen molar-refractivity contribution in [3.8, 4) is 0 Å². The number of nitrogens with one attached hydrogen (secondary N) is 5. The largest absolute Gasteiger partial charge is 0.481 e. The molecule has 11 heteroatoms. The van der Waals surface area contributed by atoms with E-state index in [1.807, 2.05) is 0 Å². The van der Waals surface area contributed by atoms with Crippen LogP contribution in [0, 0.1) is 0 Å². The van der Waals surface area contributed by atoms with Crippen LogP contribution in [0.5, 0.6) is 0 Å². The van der Waals surface area contributed by atoms with Gasteiger partial charge in [-0.3, -0.25) is 19.2 Å². The van der Waals surface area contributed by atoms with Gasteiger partial charge in [0.15, 0.2) is 0 Å². The maximum absolute atomic E-state index is 11.7. The number of carbonyl (C=O) groups excluding carboxylic acids is 4. The van der Waals surface area contributed by atoms with E-state index < -0.39 is 23.8 Å². The van der Waals surface area contributed by atoms with Crippen molar-refractivity contribution in [2.45, 2.75) is 12.8 Å². The average Bonchev–Trinajstić information content (AvgIpc) is 2.63. The van der Waals surface area contributed by atoms with Crippen LogP contribution in [0.25, 0.3) is 0 Å². The molecule has 5 amide bonds. The van der Waals surface area contributed by atoms with E-state index in [0.717, 1.165) is 0 Å². The van der Waals surface area contributed by atoms with Crippen LogP contribution in [0.1, 0.15) is 12.8 Å². The van der Waals surface area contributed by atoms with Crippen molar-refractivity contribution in [3.05, 3.63) is 24.3 Å². The third-order valence-electron chi connectivity index (χ3n) is 3.11. The van der Waals surface area contributed by atoms with E-state index in [0.29, 0.717) is 17.8 Å². The summed E-state index contributed by atoms with van der Waals surface area (Å²) in [7, 11) is 0. The van der Waals surface area contributed by atoms with Gasteiger partial charge in [-0.25, -0.2) is 4.79 Å². The second kappa shape index (κ2) is 11.8. The van der Waals surface area contributed by atoms with Crippen molar-refractivity contribution in [1.82, 2.24) is 16.0 Å². The minimum atomic E-state index is -1.09. The van der Waals surface area contributed by atoms with Gasteiger partial charge in [0.2, 0.25) is 18.2 Å². The molecule has 1 aromatic rings. The molecule has 0 aliphatic heterocycles. The van der Waals surface area contributed by atoms with Crippen LogP contribution in [0.15, 0.2) is 24.3 Å². The number of aliphatic carboxylic acids is 1. The summed E-state index contributed by atoms with van der Waals surface area (Å²) < 4.78 is 0. The third kappa shape index (κ3) is 10.1. The minimum Gasteiger partial charge on any atom is -0.481 e. The summed E-state index contributed by atoms with van der Waals surface area (Å²) in [5, 5.41) is 20.8. The standard InChI is InChI=1S/C16H21N5O6/c22-10-20-11-1-3-12(4-2-11)21-16(27)18-8-7-17-14(24)9-19-13(23)5-6-15(25)26/h1-4,10H,5-9H2,(H,17,24)(H,19,23)(H,20,22)(H,25,26)(H2,18,21,27). The topological polar surface area (TPSA) is 166 Å². The Balaban J connectivity index is 2.15. The van der Waals surface area contributed by atoms with E-state index >= 15 is 0 Å². The monoisotopic (exact) mass is 379 g/mol. The van der Waals surface area contributed by atoms with E-state index in [2.05, 4.69) is 26.6 Å². The molecule has 0 bridgehead atoms. The average molecular weight is 379 g/mol. The van der Waals surface area contributed by atoms with Gasteiger partial charge in [0.25, 0.3) is 0 Å². The van der Waals surface area contributed by atoms with Crippen molar-refractivity contribution in [2.24, 2.45) is 0 Å². The number of urea groups is 1. The first-order chi connectivity index (χ1) is 12.9. The Labute approximate surface area is 154 Å². The smallest absolute Gasteiger partial charge is 0.319 e. The Bertz CT molecular complexity index is 676. The Morgan fingerprint density at radius 1 is 0.852 bits per heavy atom. The van der Waals surface area contributed by atoms with Gasteiger partial charge in [-0.15, -0.1) is 0 Å². The van der Waals surface area contributed by atoms with Gasteiger partial charge in [-0.05, 0) is 24.3 Å². The lowest BCUT2D eigenvalue weighted by atomic mass is 10.3. The summed E-state index contributed by atoms with van der Waals surface area (Å²) in [5.74, 6) is -2.08. The van der Waals surface area contributed by atoms with Crippen molar-refractivity contribution < 1.29 is 29.1 Å². The molecule has 11 nitrogen and oxygen atoms in total. The van der Waals surface area contributed by atoms with Gasteiger partial charge in [-0.1, -0.05) is 0 Å². The zero-order valence-electron chi connectivity index (χ0n) is 14.4. The van der Waals surface area contributed by atoms with Crippen molar-refractivity contribution >= 4 is 41.6 Å². The van der Waals surface area contributed by atoms with Gasteiger partial charge in [0, 0.05) is 30.9 Å². The summed E-state index contributed by atoms with van der Waals surface area (Å²) in [6.07, 6.45) is 0.0459. The molecule has 6 N–H and O–H groups in total. The Kier molecular flexibility index (Phi) is 9.39. The Morgan fingerprint density at radius 3 is 2.11 bits per heavy atom. The molecule has 0 unspecified atom stereocenters. The molecule has 0 atom stereocenters. The lowest BCUT2D eigenvalue weighted by Gasteiger charge is -2.09. The molecule has 1 aromatic carbocycles. The molecule has 27 heavy (non-hydrogen) atoms. The van der Waals surface area contributed by atoms with E-state index in [-0.39, 0.29) is 32.5 Å². The van der Waals surface area contributed by atoms with Crippen molar-refractivity contribution in [1.29, 1.82) is 0 Å². The molecule has 0 aliphatic carbocycles. The van der Waals surface area contributed by atoms with Crippen molar-refractivity contribution in [3.63, 3.8) is 0 Å². The molecule has 146 valence electrons. The van der Waals surface area contributed by atoms with Crippen LogP contribution in [0.3, 0.4) is 0 Å². The lowest BCUT2D eigenvalue weighted by molar-refractivity contribution is -0.138. The fourth-order valence-corrected chi connectivity index (χ4v) is 1.82. The van der Waals surface area contributed by atoms with Gasteiger partial charge < -0.3 is 31.7 Å².